The van der Waals surface area contributed by atoms with Crippen molar-refractivity contribution in [3.05, 3.63) is 11.7 Å². The number of nitrogens with two attached hydrogens (primary N) is 1. The van der Waals surface area contributed by atoms with Crippen molar-refractivity contribution in [3.63, 3.8) is 0 Å². The lowest BCUT2D eigenvalue weighted by molar-refractivity contribution is 0.108. The quantitative estimate of drug-likeness (QED) is 0.870. The second-order valence-electron chi connectivity index (χ2n) is 6.37. The van der Waals surface area contributed by atoms with Crippen molar-refractivity contribution in [3.8, 4) is 0 Å². The monoisotopic (exact) mass is 279 g/mol. The van der Waals surface area contributed by atoms with Crippen LogP contribution in [0.5, 0.6) is 0 Å². The number of likely N-dealkylation sites (N-methyl/N-ethyl adjacent to an activating group) is 2. The van der Waals surface area contributed by atoms with Gasteiger partial charge in [-0.25, -0.2) is 0 Å². The lowest BCUT2D eigenvalue weighted by Gasteiger charge is -2.35. The summed E-state index contributed by atoms with van der Waals surface area (Å²) in [5.74, 6) is 1.97. The molecule has 3 rings (SSSR count). The minimum atomic E-state index is 0.239. The summed E-state index contributed by atoms with van der Waals surface area (Å²) < 4.78 is 5.53. The molecule has 2 N–H and O–H groups in total. The van der Waals surface area contributed by atoms with Crippen LogP contribution in [0.4, 0.5) is 0 Å². The van der Waals surface area contributed by atoms with E-state index < -0.39 is 0 Å². The van der Waals surface area contributed by atoms with Gasteiger partial charge in [-0.15, -0.1) is 0 Å². The summed E-state index contributed by atoms with van der Waals surface area (Å²) in [7, 11) is 4.27. The largest absolute Gasteiger partial charge is 0.339 e. The normalized spacial score (nSPS) is 33.5. The Morgan fingerprint density at radius 2 is 2.10 bits per heavy atom. The molecule has 112 valence electrons. The van der Waals surface area contributed by atoms with E-state index in [0.717, 1.165) is 57.0 Å². The third-order valence-corrected chi connectivity index (χ3v) is 4.67. The SMILES string of the molecule is CN1CCN(C)C(c2noc(C3CCCC(N)C3)n2)C1. The molecular weight excluding hydrogens is 254 g/mol. The number of piperazine rings is 1. The second-order valence-corrected chi connectivity index (χ2v) is 6.37. The number of nitrogens with zero attached hydrogens (tertiary/aromatic N) is 4. The number of hydrogen-bond acceptors (Lipinski definition) is 6. The zero-order valence-corrected chi connectivity index (χ0v) is 12.5. The molecule has 1 aliphatic carbocycles. The average Bonchev–Trinajstić information content (AvgIpc) is 2.91. The summed E-state index contributed by atoms with van der Waals surface area (Å²) in [6.07, 6.45) is 4.38. The van der Waals surface area contributed by atoms with E-state index in [4.69, 9.17) is 10.3 Å². The van der Waals surface area contributed by atoms with Gasteiger partial charge in [0.1, 0.15) is 0 Å². The van der Waals surface area contributed by atoms with Crippen molar-refractivity contribution in [1.29, 1.82) is 0 Å². The van der Waals surface area contributed by atoms with E-state index in [2.05, 4.69) is 34.0 Å². The first kappa shape index (κ1) is 14.0. The molecular formula is C14H25N5O. The molecule has 0 bridgehead atoms. The molecule has 0 aromatic carbocycles. The van der Waals surface area contributed by atoms with Crippen molar-refractivity contribution in [2.24, 2.45) is 5.73 Å². The van der Waals surface area contributed by atoms with Crippen molar-refractivity contribution in [1.82, 2.24) is 19.9 Å². The van der Waals surface area contributed by atoms with E-state index in [1.165, 1.54) is 0 Å². The first-order valence-corrected chi connectivity index (χ1v) is 7.61. The van der Waals surface area contributed by atoms with Gasteiger partial charge in [0, 0.05) is 31.6 Å². The average molecular weight is 279 g/mol. The Kier molecular flexibility index (Phi) is 4.05. The fraction of sp³-hybridized carbons (Fsp3) is 0.857. The molecule has 1 saturated carbocycles. The maximum absolute atomic E-state index is 6.05. The topological polar surface area (TPSA) is 71.4 Å². The molecule has 2 fully saturated rings. The lowest BCUT2D eigenvalue weighted by Crippen LogP contribution is -2.45. The van der Waals surface area contributed by atoms with Crippen LogP contribution in [-0.2, 0) is 0 Å². The maximum Gasteiger partial charge on any atom is 0.229 e. The molecule has 1 aromatic heterocycles. The Hall–Kier alpha value is -0.980. The molecule has 1 aliphatic heterocycles. The molecule has 6 heteroatoms. The highest BCUT2D eigenvalue weighted by Crippen LogP contribution is 2.32. The van der Waals surface area contributed by atoms with Gasteiger partial charge in [0.2, 0.25) is 5.89 Å². The first-order chi connectivity index (χ1) is 9.63. The number of aromatic nitrogens is 2. The van der Waals surface area contributed by atoms with Crippen LogP contribution in [0.15, 0.2) is 4.52 Å². The van der Waals surface area contributed by atoms with Crippen LogP contribution in [-0.4, -0.2) is 59.7 Å². The van der Waals surface area contributed by atoms with Crippen LogP contribution < -0.4 is 5.73 Å². The molecule has 0 amide bonds. The van der Waals surface area contributed by atoms with Gasteiger partial charge >= 0.3 is 0 Å². The standard InChI is InChI=1S/C14H25N5O/c1-18-6-7-19(2)12(9-18)13-16-14(20-17-13)10-4-3-5-11(15)8-10/h10-12H,3-9,15H2,1-2H3. The number of rotatable bonds is 2. The van der Waals surface area contributed by atoms with Crippen molar-refractivity contribution in [2.75, 3.05) is 33.7 Å². The fourth-order valence-electron chi connectivity index (χ4n) is 3.29. The Morgan fingerprint density at radius 3 is 2.90 bits per heavy atom. The fourth-order valence-corrected chi connectivity index (χ4v) is 3.29. The summed E-state index contributed by atoms with van der Waals surface area (Å²) in [6, 6.07) is 0.524. The van der Waals surface area contributed by atoms with E-state index in [9.17, 15) is 0 Å². The van der Waals surface area contributed by atoms with Crippen molar-refractivity contribution >= 4 is 0 Å². The van der Waals surface area contributed by atoms with Crippen molar-refractivity contribution < 1.29 is 4.52 Å². The summed E-state index contributed by atoms with van der Waals surface area (Å²) in [4.78, 5) is 9.30. The van der Waals surface area contributed by atoms with Crippen LogP contribution >= 0.6 is 0 Å². The van der Waals surface area contributed by atoms with Gasteiger partial charge < -0.3 is 15.2 Å². The van der Waals surface area contributed by atoms with Crippen LogP contribution in [0.3, 0.4) is 0 Å². The predicted octanol–water partition coefficient (Wildman–Crippen LogP) is 0.973. The highest BCUT2D eigenvalue weighted by Gasteiger charge is 2.30. The molecule has 3 unspecified atom stereocenters. The van der Waals surface area contributed by atoms with Crippen LogP contribution in [0.1, 0.15) is 49.4 Å². The lowest BCUT2D eigenvalue weighted by atomic mass is 9.86. The third-order valence-electron chi connectivity index (χ3n) is 4.67. The molecule has 20 heavy (non-hydrogen) atoms. The molecule has 0 spiro atoms. The molecule has 1 aromatic rings. The second kappa shape index (κ2) is 5.79. The van der Waals surface area contributed by atoms with E-state index in [1.54, 1.807) is 0 Å². The van der Waals surface area contributed by atoms with E-state index in [0.29, 0.717) is 5.92 Å². The highest BCUT2D eigenvalue weighted by atomic mass is 16.5. The van der Waals surface area contributed by atoms with Gasteiger partial charge in [-0.2, -0.15) is 4.98 Å². The van der Waals surface area contributed by atoms with E-state index >= 15 is 0 Å². The van der Waals surface area contributed by atoms with Gasteiger partial charge in [-0.3, -0.25) is 4.90 Å². The summed E-state index contributed by atoms with van der Waals surface area (Å²) in [5.41, 5.74) is 6.05. The third kappa shape index (κ3) is 2.87. The van der Waals surface area contributed by atoms with Crippen LogP contribution in [0.25, 0.3) is 0 Å². The maximum atomic E-state index is 6.05. The molecule has 1 saturated heterocycles. The molecule has 3 atom stereocenters. The smallest absolute Gasteiger partial charge is 0.229 e. The Balaban J connectivity index is 1.72. The van der Waals surface area contributed by atoms with Gasteiger partial charge in [0.05, 0.1) is 6.04 Å². The van der Waals surface area contributed by atoms with Gasteiger partial charge in [0.15, 0.2) is 5.82 Å². The Bertz CT molecular complexity index is 449. The molecule has 2 aliphatic rings. The molecule has 2 heterocycles. The molecule has 0 radical (unpaired) electrons. The minimum Gasteiger partial charge on any atom is -0.339 e. The van der Waals surface area contributed by atoms with Crippen LogP contribution in [0, 0.1) is 0 Å². The number of hydrogen-bond donors (Lipinski definition) is 1. The van der Waals surface area contributed by atoms with E-state index in [-0.39, 0.29) is 12.1 Å². The molecule has 6 nitrogen and oxygen atoms in total. The predicted molar refractivity (Wildman–Crippen MR) is 76.4 cm³/mol. The minimum absolute atomic E-state index is 0.239. The van der Waals surface area contributed by atoms with Gasteiger partial charge in [0.25, 0.3) is 0 Å². The summed E-state index contributed by atoms with van der Waals surface area (Å²) >= 11 is 0. The van der Waals surface area contributed by atoms with Crippen LogP contribution in [0.2, 0.25) is 0 Å². The zero-order valence-electron chi connectivity index (χ0n) is 12.5. The Morgan fingerprint density at radius 1 is 1.25 bits per heavy atom. The highest BCUT2D eigenvalue weighted by molar-refractivity contribution is 5.02. The van der Waals surface area contributed by atoms with Crippen molar-refractivity contribution in [2.45, 2.75) is 43.7 Å². The van der Waals surface area contributed by atoms with Gasteiger partial charge in [-0.1, -0.05) is 11.6 Å². The van der Waals surface area contributed by atoms with Gasteiger partial charge in [-0.05, 0) is 33.4 Å². The zero-order chi connectivity index (χ0) is 14.1. The Labute approximate surface area is 120 Å². The summed E-state index contributed by atoms with van der Waals surface area (Å²) in [5, 5.41) is 4.23. The first-order valence-electron chi connectivity index (χ1n) is 7.61. The van der Waals surface area contributed by atoms with E-state index in [1.807, 2.05) is 0 Å². The summed E-state index contributed by atoms with van der Waals surface area (Å²) in [6.45, 7) is 3.09.